The van der Waals surface area contributed by atoms with Gasteiger partial charge in [0.15, 0.2) is 0 Å². The van der Waals surface area contributed by atoms with Crippen molar-refractivity contribution in [1.82, 2.24) is 0 Å². The van der Waals surface area contributed by atoms with Crippen LogP contribution in [-0.2, 0) is 0 Å². The van der Waals surface area contributed by atoms with Crippen molar-refractivity contribution < 1.29 is 10.2 Å². The summed E-state index contributed by atoms with van der Waals surface area (Å²) in [4.78, 5) is 0. The first-order chi connectivity index (χ1) is 6.95. The van der Waals surface area contributed by atoms with Crippen molar-refractivity contribution in [3.05, 3.63) is 0 Å². The first-order valence-electron chi connectivity index (χ1n) is 6.36. The molecule has 0 saturated heterocycles. The SMILES string of the molecule is CCCCCCCC(O)CCC(C)(C)O. The topological polar surface area (TPSA) is 40.5 Å². The zero-order valence-electron chi connectivity index (χ0n) is 10.6. The van der Waals surface area contributed by atoms with Gasteiger partial charge >= 0.3 is 0 Å². The quantitative estimate of drug-likeness (QED) is 0.581. The van der Waals surface area contributed by atoms with E-state index in [4.69, 9.17) is 0 Å². The van der Waals surface area contributed by atoms with Gasteiger partial charge < -0.3 is 10.2 Å². The molecule has 0 aromatic rings. The third kappa shape index (κ3) is 11.8. The Labute approximate surface area is 94.7 Å². The minimum absolute atomic E-state index is 0.224. The van der Waals surface area contributed by atoms with E-state index in [0.717, 1.165) is 19.3 Å². The highest BCUT2D eigenvalue weighted by Crippen LogP contribution is 2.15. The third-order valence-electron chi connectivity index (χ3n) is 2.73. The Morgan fingerprint density at radius 2 is 1.60 bits per heavy atom. The van der Waals surface area contributed by atoms with Crippen LogP contribution in [0.3, 0.4) is 0 Å². The molecule has 0 saturated carbocycles. The van der Waals surface area contributed by atoms with Crippen molar-refractivity contribution >= 4 is 0 Å². The molecule has 1 unspecified atom stereocenters. The molecular weight excluding hydrogens is 188 g/mol. The summed E-state index contributed by atoms with van der Waals surface area (Å²) >= 11 is 0. The summed E-state index contributed by atoms with van der Waals surface area (Å²) < 4.78 is 0. The summed E-state index contributed by atoms with van der Waals surface area (Å²) in [7, 11) is 0. The Morgan fingerprint density at radius 3 is 2.13 bits per heavy atom. The number of hydrogen-bond donors (Lipinski definition) is 2. The molecule has 0 spiro atoms. The Morgan fingerprint density at radius 1 is 1.00 bits per heavy atom. The predicted molar refractivity (Wildman–Crippen MR) is 64.9 cm³/mol. The van der Waals surface area contributed by atoms with Crippen LogP contribution in [-0.4, -0.2) is 21.9 Å². The van der Waals surface area contributed by atoms with Gasteiger partial charge in [0.25, 0.3) is 0 Å². The number of aliphatic hydroxyl groups is 2. The van der Waals surface area contributed by atoms with Crippen LogP contribution in [0.25, 0.3) is 0 Å². The van der Waals surface area contributed by atoms with Gasteiger partial charge in [-0.3, -0.25) is 0 Å². The summed E-state index contributed by atoms with van der Waals surface area (Å²) in [6, 6.07) is 0. The lowest BCUT2D eigenvalue weighted by Crippen LogP contribution is -2.21. The number of hydrogen-bond acceptors (Lipinski definition) is 2. The van der Waals surface area contributed by atoms with E-state index in [1.807, 2.05) is 0 Å². The van der Waals surface area contributed by atoms with Gasteiger partial charge in [-0.25, -0.2) is 0 Å². The first-order valence-corrected chi connectivity index (χ1v) is 6.36. The Bertz CT molecular complexity index is 138. The molecule has 0 amide bonds. The lowest BCUT2D eigenvalue weighted by molar-refractivity contribution is 0.0465. The van der Waals surface area contributed by atoms with Gasteiger partial charge in [-0.2, -0.15) is 0 Å². The molecule has 1 atom stereocenters. The van der Waals surface area contributed by atoms with E-state index >= 15 is 0 Å². The van der Waals surface area contributed by atoms with E-state index in [9.17, 15) is 10.2 Å². The lowest BCUT2D eigenvalue weighted by atomic mass is 9.98. The molecule has 0 radical (unpaired) electrons. The molecule has 0 aromatic heterocycles. The van der Waals surface area contributed by atoms with Crippen molar-refractivity contribution in [2.45, 2.75) is 83.8 Å². The zero-order valence-corrected chi connectivity index (χ0v) is 10.6. The summed E-state index contributed by atoms with van der Waals surface area (Å²) in [5.41, 5.74) is -0.636. The molecule has 0 aliphatic heterocycles. The molecule has 92 valence electrons. The van der Waals surface area contributed by atoms with E-state index in [-0.39, 0.29) is 6.10 Å². The maximum Gasteiger partial charge on any atom is 0.0592 e. The Hall–Kier alpha value is -0.0800. The highest BCUT2D eigenvalue weighted by Gasteiger charge is 2.14. The van der Waals surface area contributed by atoms with E-state index < -0.39 is 5.60 Å². The van der Waals surface area contributed by atoms with Crippen LogP contribution in [0, 0.1) is 0 Å². The van der Waals surface area contributed by atoms with E-state index in [0.29, 0.717) is 6.42 Å². The molecule has 0 bridgehead atoms. The minimum Gasteiger partial charge on any atom is -0.393 e. The summed E-state index contributed by atoms with van der Waals surface area (Å²) in [6.45, 7) is 5.79. The van der Waals surface area contributed by atoms with Crippen LogP contribution in [0.5, 0.6) is 0 Å². The van der Waals surface area contributed by atoms with Crippen molar-refractivity contribution in [2.24, 2.45) is 0 Å². The van der Waals surface area contributed by atoms with Crippen LogP contribution < -0.4 is 0 Å². The van der Waals surface area contributed by atoms with Gasteiger partial charge in [-0.05, 0) is 33.1 Å². The Balaban J connectivity index is 3.30. The first kappa shape index (κ1) is 14.9. The van der Waals surface area contributed by atoms with Crippen LogP contribution in [0.2, 0.25) is 0 Å². The minimum atomic E-state index is -0.636. The second-order valence-corrected chi connectivity index (χ2v) is 5.21. The maximum absolute atomic E-state index is 9.66. The van der Waals surface area contributed by atoms with Gasteiger partial charge in [-0.1, -0.05) is 39.0 Å². The van der Waals surface area contributed by atoms with Gasteiger partial charge in [0.05, 0.1) is 11.7 Å². The van der Waals surface area contributed by atoms with Crippen molar-refractivity contribution in [2.75, 3.05) is 0 Å². The lowest BCUT2D eigenvalue weighted by Gasteiger charge is -2.19. The molecule has 0 rings (SSSR count). The summed E-state index contributed by atoms with van der Waals surface area (Å²) in [6.07, 6.45) is 8.27. The average molecular weight is 216 g/mol. The monoisotopic (exact) mass is 216 g/mol. The van der Waals surface area contributed by atoms with Crippen molar-refractivity contribution in [3.63, 3.8) is 0 Å². The number of rotatable bonds is 9. The molecule has 2 heteroatoms. The van der Waals surface area contributed by atoms with Crippen molar-refractivity contribution in [1.29, 1.82) is 0 Å². The van der Waals surface area contributed by atoms with Crippen LogP contribution in [0.1, 0.15) is 72.1 Å². The second-order valence-electron chi connectivity index (χ2n) is 5.21. The normalized spacial score (nSPS) is 14.2. The van der Waals surface area contributed by atoms with E-state index in [2.05, 4.69) is 6.92 Å². The van der Waals surface area contributed by atoms with Crippen molar-refractivity contribution in [3.8, 4) is 0 Å². The molecule has 0 aromatic carbocycles. The molecule has 0 fully saturated rings. The summed E-state index contributed by atoms with van der Waals surface area (Å²) in [5.74, 6) is 0. The fourth-order valence-electron chi connectivity index (χ4n) is 1.65. The van der Waals surface area contributed by atoms with Gasteiger partial charge in [0, 0.05) is 0 Å². The van der Waals surface area contributed by atoms with E-state index in [1.54, 1.807) is 13.8 Å². The second kappa shape index (κ2) is 8.12. The third-order valence-corrected chi connectivity index (χ3v) is 2.73. The molecule has 15 heavy (non-hydrogen) atoms. The predicted octanol–water partition coefficient (Wildman–Crippen LogP) is 3.26. The fraction of sp³-hybridized carbons (Fsp3) is 1.00. The van der Waals surface area contributed by atoms with Gasteiger partial charge in [0.1, 0.15) is 0 Å². The van der Waals surface area contributed by atoms with Crippen LogP contribution >= 0.6 is 0 Å². The highest BCUT2D eigenvalue weighted by molar-refractivity contribution is 4.68. The fourth-order valence-corrected chi connectivity index (χ4v) is 1.65. The standard InChI is InChI=1S/C13H28O2/c1-4-5-6-7-8-9-12(14)10-11-13(2,3)15/h12,14-15H,4-11H2,1-3H3. The molecular formula is C13H28O2. The Kier molecular flexibility index (Phi) is 8.07. The molecule has 0 aliphatic carbocycles. The zero-order chi connectivity index (χ0) is 11.7. The van der Waals surface area contributed by atoms with Gasteiger partial charge in [0.2, 0.25) is 0 Å². The number of unbranched alkanes of at least 4 members (excludes halogenated alkanes) is 4. The van der Waals surface area contributed by atoms with Crippen LogP contribution in [0.15, 0.2) is 0 Å². The molecule has 2 nitrogen and oxygen atoms in total. The smallest absolute Gasteiger partial charge is 0.0592 e. The maximum atomic E-state index is 9.66. The van der Waals surface area contributed by atoms with Gasteiger partial charge in [-0.15, -0.1) is 0 Å². The molecule has 2 N–H and O–H groups in total. The molecule has 0 aliphatic rings. The largest absolute Gasteiger partial charge is 0.393 e. The average Bonchev–Trinajstić information content (AvgIpc) is 2.13. The number of aliphatic hydroxyl groups excluding tert-OH is 1. The highest BCUT2D eigenvalue weighted by atomic mass is 16.3. The van der Waals surface area contributed by atoms with E-state index in [1.165, 1.54) is 25.7 Å². The molecule has 0 heterocycles. The van der Waals surface area contributed by atoms with Crippen LogP contribution in [0.4, 0.5) is 0 Å². The summed E-state index contributed by atoms with van der Waals surface area (Å²) in [5, 5.41) is 19.2.